The Morgan fingerprint density at radius 1 is 1.44 bits per heavy atom. The average Bonchev–Trinajstić information content (AvgIpc) is 2.28. The molecule has 0 spiro atoms. The lowest BCUT2D eigenvalue weighted by molar-refractivity contribution is 0.374. The molecule has 0 aliphatic carbocycles. The maximum atomic E-state index is 5.82. The fraction of sp³-hybridized carbons (Fsp3) is 0.200. The van der Waals surface area contributed by atoms with Crippen molar-refractivity contribution in [3.63, 3.8) is 0 Å². The van der Waals surface area contributed by atoms with Crippen LogP contribution in [0.4, 0.5) is 0 Å². The molecule has 6 heteroatoms. The molecule has 1 rings (SSSR count). The molecule has 0 radical (unpaired) electrons. The Hall–Kier alpha value is -0.720. The van der Waals surface area contributed by atoms with Crippen molar-refractivity contribution in [1.82, 2.24) is 5.01 Å². The van der Waals surface area contributed by atoms with Crippen LogP contribution in [0.1, 0.15) is 5.56 Å². The summed E-state index contributed by atoms with van der Waals surface area (Å²) in [5.41, 5.74) is 6.58. The fourth-order valence-electron chi connectivity index (χ4n) is 1.17. The molecule has 0 saturated heterocycles. The third-order valence-electron chi connectivity index (χ3n) is 1.94. The molecular formula is C10H13Br2N3O. The largest absolute Gasteiger partial charge is 0.497 e. The summed E-state index contributed by atoms with van der Waals surface area (Å²) in [4.78, 5) is 0. The molecule has 4 N–H and O–H groups in total. The van der Waals surface area contributed by atoms with Crippen molar-refractivity contribution in [3.05, 3.63) is 39.0 Å². The summed E-state index contributed by atoms with van der Waals surface area (Å²) in [6.07, 6.45) is 0. The van der Waals surface area contributed by atoms with Crippen LogP contribution in [0.25, 0.3) is 0 Å². The fourth-order valence-corrected chi connectivity index (χ4v) is 1.53. The van der Waals surface area contributed by atoms with E-state index in [9.17, 15) is 0 Å². The van der Waals surface area contributed by atoms with Gasteiger partial charge in [0.1, 0.15) is 15.0 Å². The van der Waals surface area contributed by atoms with Crippen LogP contribution in [0, 0.1) is 0 Å². The summed E-state index contributed by atoms with van der Waals surface area (Å²) in [5.74, 6) is 6.62. The first-order valence-electron chi connectivity index (χ1n) is 4.50. The summed E-state index contributed by atoms with van der Waals surface area (Å²) in [6.45, 7) is 0.532. The SMILES string of the molecule is COc1cccc(CN(N)/C(Br)=C(\N)Br)c1. The highest BCUT2D eigenvalue weighted by Gasteiger charge is 2.06. The van der Waals surface area contributed by atoms with Crippen LogP contribution in [-0.2, 0) is 6.54 Å². The summed E-state index contributed by atoms with van der Waals surface area (Å²) in [5, 5.41) is 1.50. The van der Waals surface area contributed by atoms with Gasteiger partial charge in [0.25, 0.3) is 0 Å². The highest BCUT2D eigenvalue weighted by atomic mass is 79.9. The average molecular weight is 351 g/mol. The second-order valence-electron chi connectivity index (χ2n) is 3.12. The number of nitrogens with zero attached hydrogens (tertiary/aromatic N) is 1. The van der Waals surface area contributed by atoms with Gasteiger partial charge < -0.3 is 10.5 Å². The number of ether oxygens (including phenoxy) is 1. The molecule has 0 atom stereocenters. The maximum Gasteiger partial charge on any atom is 0.126 e. The molecule has 0 aliphatic rings. The minimum Gasteiger partial charge on any atom is -0.497 e. The highest BCUT2D eigenvalue weighted by molar-refractivity contribution is 9.14. The zero-order valence-corrected chi connectivity index (χ0v) is 12.0. The number of halogens is 2. The van der Waals surface area contributed by atoms with Crippen molar-refractivity contribution in [2.24, 2.45) is 11.6 Å². The standard InChI is InChI=1S/C10H13Br2N3O/c1-16-8-4-2-3-7(5-8)6-15(14)10(12)9(11)13/h2-5H,6,13-14H2,1H3/b10-9-. The first kappa shape index (κ1) is 13.3. The van der Waals surface area contributed by atoms with Crippen molar-refractivity contribution in [1.29, 1.82) is 0 Å². The van der Waals surface area contributed by atoms with Crippen LogP contribution >= 0.6 is 31.9 Å². The van der Waals surface area contributed by atoms with E-state index < -0.39 is 0 Å². The molecule has 0 fully saturated rings. The van der Waals surface area contributed by atoms with E-state index in [4.69, 9.17) is 16.3 Å². The van der Waals surface area contributed by atoms with Gasteiger partial charge in [-0.25, -0.2) is 5.84 Å². The Morgan fingerprint density at radius 2 is 2.12 bits per heavy atom. The van der Waals surface area contributed by atoms with Gasteiger partial charge >= 0.3 is 0 Å². The number of hydrogen-bond acceptors (Lipinski definition) is 4. The Morgan fingerprint density at radius 3 is 2.69 bits per heavy atom. The molecule has 0 aromatic heterocycles. The smallest absolute Gasteiger partial charge is 0.126 e. The second kappa shape index (κ2) is 6.12. The third-order valence-corrected chi connectivity index (χ3v) is 3.73. The van der Waals surface area contributed by atoms with Crippen molar-refractivity contribution in [3.8, 4) is 5.75 Å². The van der Waals surface area contributed by atoms with Gasteiger partial charge in [-0.05, 0) is 49.6 Å². The van der Waals surface area contributed by atoms with Gasteiger partial charge in [0.05, 0.1) is 13.7 Å². The van der Waals surface area contributed by atoms with Gasteiger partial charge in [0, 0.05) is 0 Å². The lowest BCUT2D eigenvalue weighted by Gasteiger charge is -2.18. The van der Waals surface area contributed by atoms with Crippen LogP contribution in [0.5, 0.6) is 5.75 Å². The zero-order chi connectivity index (χ0) is 12.1. The lowest BCUT2D eigenvalue weighted by Crippen LogP contribution is -2.28. The van der Waals surface area contributed by atoms with Crippen molar-refractivity contribution in [2.75, 3.05) is 7.11 Å². The molecular weight excluding hydrogens is 338 g/mol. The highest BCUT2D eigenvalue weighted by Crippen LogP contribution is 2.19. The molecule has 16 heavy (non-hydrogen) atoms. The second-order valence-corrected chi connectivity index (χ2v) is 4.72. The van der Waals surface area contributed by atoms with E-state index in [-0.39, 0.29) is 0 Å². The van der Waals surface area contributed by atoms with Crippen LogP contribution in [0.2, 0.25) is 0 Å². The topological polar surface area (TPSA) is 64.5 Å². The van der Waals surface area contributed by atoms with E-state index in [0.29, 0.717) is 15.8 Å². The summed E-state index contributed by atoms with van der Waals surface area (Å²) < 4.78 is 6.19. The minimum atomic E-state index is 0.456. The van der Waals surface area contributed by atoms with Crippen LogP contribution < -0.4 is 16.3 Å². The van der Waals surface area contributed by atoms with E-state index in [0.717, 1.165) is 11.3 Å². The number of nitrogens with two attached hydrogens (primary N) is 2. The summed E-state index contributed by atoms with van der Waals surface area (Å²) in [6, 6.07) is 7.68. The third kappa shape index (κ3) is 3.70. The molecule has 1 aromatic carbocycles. The first-order valence-corrected chi connectivity index (χ1v) is 6.09. The predicted molar refractivity (Wildman–Crippen MR) is 71.8 cm³/mol. The van der Waals surface area contributed by atoms with E-state index in [1.54, 1.807) is 7.11 Å². The van der Waals surface area contributed by atoms with E-state index in [1.165, 1.54) is 5.01 Å². The molecule has 0 aliphatic heterocycles. The Labute approximate surface area is 111 Å². The Bertz CT molecular complexity index is 391. The van der Waals surface area contributed by atoms with Gasteiger partial charge in [0.15, 0.2) is 0 Å². The van der Waals surface area contributed by atoms with Crippen LogP contribution in [0.15, 0.2) is 33.5 Å². The minimum absolute atomic E-state index is 0.456. The Balaban J connectivity index is 2.77. The zero-order valence-electron chi connectivity index (χ0n) is 8.78. The Kier molecular flexibility index (Phi) is 5.11. The molecule has 0 unspecified atom stereocenters. The van der Waals surface area contributed by atoms with Gasteiger partial charge in [0.2, 0.25) is 0 Å². The van der Waals surface area contributed by atoms with Crippen molar-refractivity contribution >= 4 is 31.9 Å². The first-order chi connectivity index (χ1) is 7.54. The number of methoxy groups -OCH3 is 1. The molecule has 0 bridgehead atoms. The van der Waals surface area contributed by atoms with Gasteiger partial charge in [-0.15, -0.1) is 0 Å². The molecule has 0 heterocycles. The molecule has 88 valence electrons. The predicted octanol–water partition coefficient (Wildman–Crippen LogP) is 2.25. The van der Waals surface area contributed by atoms with Crippen molar-refractivity contribution < 1.29 is 4.74 Å². The van der Waals surface area contributed by atoms with Gasteiger partial charge in [-0.2, -0.15) is 0 Å². The van der Waals surface area contributed by atoms with E-state index in [2.05, 4.69) is 31.9 Å². The quantitative estimate of drug-likeness (QED) is 0.496. The van der Waals surface area contributed by atoms with Crippen LogP contribution in [-0.4, -0.2) is 12.1 Å². The monoisotopic (exact) mass is 349 g/mol. The summed E-state index contributed by atoms with van der Waals surface area (Å²) in [7, 11) is 1.63. The maximum absolute atomic E-state index is 5.82. The van der Waals surface area contributed by atoms with Crippen LogP contribution in [0.3, 0.4) is 0 Å². The molecule has 1 aromatic rings. The number of rotatable bonds is 4. The normalized spacial score (nSPS) is 12.0. The molecule has 4 nitrogen and oxygen atoms in total. The molecule has 0 saturated carbocycles. The van der Waals surface area contributed by atoms with Gasteiger partial charge in [-0.1, -0.05) is 12.1 Å². The number of benzene rings is 1. The summed E-state index contributed by atoms with van der Waals surface area (Å²) >= 11 is 6.42. The number of hydrogen-bond donors (Lipinski definition) is 2. The van der Waals surface area contributed by atoms with Crippen molar-refractivity contribution in [2.45, 2.75) is 6.54 Å². The van der Waals surface area contributed by atoms with E-state index in [1.807, 2.05) is 24.3 Å². The van der Waals surface area contributed by atoms with E-state index >= 15 is 0 Å². The lowest BCUT2D eigenvalue weighted by atomic mass is 10.2. The molecule has 0 amide bonds. The van der Waals surface area contributed by atoms with Gasteiger partial charge in [-0.3, -0.25) is 5.01 Å². The number of hydrazine groups is 1.